The van der Waals surface area contributed by atoms with Crippen LogP contribution in [0.3, 0.4) is 0 Å². The van der Waals surface area contributed by atoms with Crippen molar-refractivity contribution >= 4 is 6.09 Å². The molecular weight excluding hydrogens is 228 g/mol. The Morgan fingerprint density at radius 1 is 1.28 bits per heavy atom. The SMILES string of the molecule is CCOC(=O)N1CCC[C@@H]1C#CCN1CCCC1. The first-order valence-corrected chi connectivity index (χ1v) is 6.95. The van der Waals surface area contributed by atoms with Gasteiger partial charge in [0.2, 0.25) is 0 Å². The van der Waals surface area contributed by atoms with Crippen LogP contribution < -0.4 is 0 Å². The maximum Gasteiger partial charge on any atom is 0.410 e. The van der Waals surface area contributed by atoms with Gasteiger partial charge in [0.25, 0.3) is 0 Å². The number of hydrogen-bond acceptors (Lipinski definition) is 3. The number of rotatable bonds is 2. The maximum atomic E-state index is 11.7. The minimum atomic E-state index is -0.213. The molecular formula is C14H22N2O2. The molecule has 100 valence electrons. The summed E-state index contributed by atoms with van der Waals surface area (Å²) >= 11 is 0. The summed E-state index contributed by atoms with van der Waals surface area (Å²) in [5, 5.41) is 0. The fourth-order valence-corrected chi connectivity index (χ4v) is 2.56. The zero-order valence-corrected chi connectivity index (χ0v) is 11.2. The second-order valence-electron chi connectivity index (χ2n) is 4.85. The molecule has 2 fully saturated rings. The van der Waals surface area contributed by atoms with Crippen LogP contribution in [0, 0.1) is 11.8 Å². The molecule has 0 bridgehead atoms. The molecule has 0 aromatic rings. The molecule has 0 unspecified atom stereocenters. The van der Waals surface area contributed by atoms with Crippen molar-refractivity contribution < 1.29 is 9.53 Å². The van der Waals surface area contributed by atoms with Crippen molar-refractivity contribution in [2.24, 2.45) is 0 Å². The number of hydrogen-bond donors (Lipinski definition) is 0. The Morgan fingerprint density at radius 3 is 2.78 bits per heavy atom. The summed E-state index contributed by atoms with van der Waals surface area (Å²) in [5.74, 6) is 6.45. The number of nitrogens with zero attached hydrogens (tertiary/aromatic N) is 2. The van der Waals surface area contributed by atoms with Crippen molar-refractivity contribution in [1.82, 2.24) is 9.80 Å². The van der Waals surface area contributed by atoms with Crippen molar-refractivity contribution in [3.8, 4) is 11.8 Å². The third kappa shape index (κ3) is 3.39. The third-order valence-electron chi connectivity index (χ3n) is 3.53. The Labute approximate surface area is 109 Å². The van der Waals surface area contributed by atoms with E-state index in [0.29, 0.717) is 6.61 Å². The molecule has 2 aliphatic heterocycles. The summed E-state index contributed by atoms with van der Waals surface area (Å²) in [6.45, 7) is 6.22. The normalized spacial score (nSPS) is 23.8. The highest BCUT2D eigenvalue weighted by Crippen LogP contribution is 2.17. The summed E-state index contributed by atoms with van der Waals surface area (Å²) in [7, 11) is 0. The van der Waals surface area contributed by atoms with Crippen molar-refractivity contribution in [3.63, 3.8) is 0 Å². The van der Waals surface area contributed by atoms with E-state index < -0.39 is 0 Å². The van der Waals surface area contributed by atoms with Gasteiger partial charge in [-0.1, -0.05) is 11.8 Å². The fraction of sp³-hybridized carbons (Fsp3) is 0.786. The van der Waals surface area contributed by atoms with Crippen molar-refractivity contribution in [2.75, 3.05) is 32.8 Å². The number of carbonyl (C=O) groups excluding carboxylic acids is 1. The predicted octanol–water partition coefficient (Wildman–Crippen LogP) is 1.71. The van der Waals surface area contributed by atoms with Gasteiger partial charge in [0.1, 0.15) is 0 Å². The molecule has 2 aliphatic rings. The van der Waals surface area contributed by atoms with E-state index in [4.69, 9.17) is 4.74 Å². The molecule has 0 aliphatic carbocycles. The highest BCUT2D eigenvalue weighted by atomic mass is 16.6. The minimum Gasteiger partial charge on any atom is -0.450 e. The van der Waals surface area contributed by atoms with Gasteiger partial charge in [-0.05, 0) is 45.7 Å². The van der Waals surface area contributed by atoms with Gasteiger partial charge < -0.3 is 4.74 Å². The van der Waals surface area contributed by atoms with Crippen LogP contribution >= 0.6 is 0 Å². The largest absolute Gasteiger partial charge is 0.450 e. The molecule has 0 aromatic heterocycles. The molecule has 4 nitrogen and oxygen atoms in total. The molecule has 0 spiro atoms. The molecule has 0 saturated carbocycles. The average molecular weight is 250 g/mol. The number of carbonyl (C=O) groups is 1. The topological polar surface area (TPSA) is 32.8 Å². The summed E-state index contributed by atoms with van der Waals surface area (Å²) in [5.41, 5.74) is 0. The lowest BCUT2D eigenvalue weighted by Crippen LogP contribution is -2.35. The van der Waals surface area contributed by atoms with Crippen LogP contribution in [0.5, 0.6) is 0 Å². The predicted molar refractivity (Wildman–Crippen MR) is 70.2 cm³/mol. The van der Waals surface area contributed by atoms with Gasteiger partial charge in [-0.25, -0.2) is 4.79 Å². The van der Waals surface area contributed by atoms with E-state index in [0.717, 1.165) is 25.9 Å². The zero-order valence-electron chi connectivity index (χ0n) is 11.2. The quantitative estimate of drug-likeness (QED) is 0.699. The second-order valence-corrected chi connectivity index (χ2v) is 4.85. The van der Waals surface area contributed by atoms with Crippen molar-refractivity contribution in [1.29, 1.82) is 0 Å². The van der Waals surface area contributed by atoms with Crippen molar-refractivity contribution in [2.45, 2.75) is 38.6 Å². The maximum absolute atomic E-state index is 11.7. The molecule has 2 saturated heterocycles. The lowest BCUT2D eigenvalue weighted by molar-refractivity contribution is 0.109. The summed E-state index contributed by atoms with van der Waals surface area (Å²) in [4.78, 5) is 15.8. The van der Waals surface area contributed by atoms with Gasteiger partial charge in [0.15, 0.2) is 0 Å². The molecule has 18 heavy (non-hydrogen) atoms. The highest BCUT2D eigenvalue weighted by Gasteiger charge is 2.28. The van der Waals surface area contributed by atoms with Crippen LogP contribution in [0.25, 0.3) is 0 Å². The molecule has 0 N–H and O–H groups in total. The molecule has 0 radical (unpaired) electrons. The summed E-state index contributed by atoms with van der Waals surface area (Å²) in [6.07, 6.45) is 4.38. The van der Waals surface area contributed by atoms with E-state index in [1.54, 1.807) is 4.90 Å². The van der Waals surface area contributed by atoms with Crippen LogP contribution in [0.4, 0.5) is 4.79 Å². The van der Waals surface area contributed by atoms with Crippen LogP contribution in [-0.4, -0.2) is 54.7 Å². The lowest BCUT2D eigenvalue weighted by Gasteiger charge is -2.19. The van der Waals surface area contributed by atoms with Gasteiger partial charge in [0.05, 0.1) is 19.2 Å². The van der Waals surface area contributed by atoms with Gasteiger partial charge in [0, 0.05) is 6.54 Å². The van der Waals surface area contributed by atoms with Gasteiger partial charge in [-0.3, -0.25) is 9.80 Å². The zero-order chi connectivity index (χ0) is 12.8. The average Bonchev–Trinajstić information content (AvgIpc) is 3.00. The monoisotopic (exact) mass is 250 g/mol. The van der Waals surface area contributed by atoms with Crippen LogP contribution in [-0.2, 0) is 4.74 Å². The second kappa shape index (κ2) is 6.65. The Balaban J connectivity index is 1.83. The number of ether oxygens (including phenoxy) is 1. The molecule has 0 aromatic carbocycles. The van der Waals surface area contributed by atoms with E-state index >= 15 is 0 Å². The van der Waals surface area contributed by atoms with Gasteiger partial charge in [-0.15, -0.1) is 0 Å². The van der Waals surface area contributed by atoms with Gasteiger partial charge >= 0.3 is 6.09 Å². The highest BCUT2D eigenvalue weighted by molar-refractivity contribution is 5.69. The first-order valence-electron chi connectivity index (χ1n) is 6.95. The van der Waals surface area contributed by atoms with E-state index in [1.165, 1.54) is 25.9 Å². The van der Waals surface area contributed by atoms with Crippen LogP contribution in [0.15, 0.2) is 0 Å². The molecule has 1 atom stereocenters. The van der Waals surface area contributed by atoms with Crippen LogP contribution in [0.1, 0.15) is 32.6 Å². The standard InChI is InChI=1S/C14H22N2O2/c1-2-18-14(17)16-12-6-8-13(16)7-5-11-15-9-3-4-10-15/h13H,2-4,6,8-12H2,1H3/t13-/m0/s1. The molecule has 1 amide bonds. The first kappa shape index (κ1) is 13.2. The lowest BCUT2D eigenvalue weighted by atomic mass is 10.2. The minimum absolute atomic E-state index is 0.0617. The van der Waals surface area contributed by atoms with Crippen LogP contribution in [0.2, 0.25) is 0 Å². The third-order valence-corrected chi connectivity index (χ3v) is 3.53. The van der Waals surface area contributed by atoms with Crippen molar-refractivity contribution in [3.05, 3.63) is 0 Å². The number of likely N-dealkylation sites (tertiary alicyclic amines) is 2. The molecule has 2 rings (SSSR count). The number of amides is 1. The fourth-order valence-electron chi connectivity index (χ4n) is 2.56. The Morgan fingerprint density at radius 2 is 2.06 bits per heavy atom. The van der Waals surface area contributed by atoms with E-state index in [-0.39, 0.29) is 12.1 Å². The summed E-state index contributed by atoms with van der Waals surface area (Å²) < 4.78 is 5.04. The summed E-state index contributed by atoms with van der Waals surface area (Å²) in [6, 6.07) is 0.0617. The Kier molecular flexibility index (Phi) is 4.89. The van der Waals surface area contributed by atoms with Gasteiger partial charge in [-0.2, -0.15) is 0 Å². The van der Waals surface area contributed by atoms with E-state index in [9.17, 15) is 4.79 Å². The molecule has 4 heteroatoms. The smallest absolute Gasteiger partial charge is 0.410 e. The Bertz CT molecular complexity index is 339. The molecule has 2 heterocycles. The van der Waals surface area contributed by atoms with E-state index in [1.807, 2.05) is 6.92 Å². The first-order chi connectivity index (χ1) is 8.81. The van der Waals surface area contributed by atoms with E-state index in [2.05, 4.69) is 16.7 Å². The Hall–Kier alpha value is -1.21.